The number of hydrogen-bond donors (Lipinski definition) is 1. The van der Waals surface area contributed by atoms with Crippen molar-refractivity contribution in [1.29, 1.82) is 0 Å². The third-order valence-electron chi connectivity index (χ3n) is 2.92. The molecule has 1 aromatic heterocycles. The lowest BCUT2D eigenvalue weighted by atomic mass is 10.1. The number of aromatic nitrogens is 1. The minimum absolute atomic E-state index is 0.156. The van der Waals surface area contributed by atoms with Crippen LogP contribution < -0.4 is 10.2 Å². The van der Waals surface area contributed by atoms with E-state index in [1.54, 1.807) is 0 Å². The number of nitrogens with zero attached hydrogens (tertiary/aromatic N) is 2. The lowest BCUT2D eigenvalue weighted by Gasteiger charge is -2.20. The van der Waals surface area contributed by atoms with E-state index in [1.165, 1.54) is 28.5 Å². The third-order valence-corrected chi connectivity index (χ3v) is 4.14. The highest BCUT2D eigenvalue weighted by atomic mass is 32.1. The molecule has 4 heteroatoms. The summed E-state index contributed by atoms with van der Waals surface area (Å²) in [4.78, 5) is 8.53. The van der Waals surface area contributed by atoms with Crippen molar-refractivity contribution in [2.75, 3.05) is 18.0 Å². The highest BCUT2D eigenvalue weighted by molar-refractivity contribution is 7.15. The number of thiazole rings is 1. The van der Waals surface area contributed by atoms with Crippen molar-refractivity contribution in [2.45, 2.75) is 66.5 Å². The Bertz CT molecular complexity index is 373. The van der Waals surface area contributed by atoms with Gasteiger partial charge in [0.1, 0.15) is 0 Å². The molecule has 0 spiro atoms. The van der Waals surface area contributed by atoms with E-state index >= 15 is 0 Å². The Hall–Kier alpha value is -0.610. The van der Waals surface area contributed by atoms with Gasteiger partial charge in [0, 0.05) is 30.1 Å². The Morgan fingerprint density at radius 1 is 1.16 bits per heavy atom. The summed E-state index contributed by atoms with van der Waals surface area (Å²) >= 11 is 1.84. The normalized spacial score (nSPS) is 11.9. The molecule has 0 aromatic carbocycles. The number of anilines is 1. The fourth-order valence-corrected chi connectivity index (χ4v) is 2.95. The van der Waals surface area contributed by atoms with Gasteiger partial charge in [0.05, 0.1) is 5.69 Å². The fraction of sp³-hybridized carbons (Fsp3) is 0.800. The molecule has 3 nitrogen and oxygen atoms in total. The summed E-state index contributed by atoms with van der Waals surface area (Å²) in [6, 6.07) is 0. The van der Waals surface area contributed by atoms with Gasteiger partial charge in [0.15, 0.2) is 5.13 Å². The van der Waals surface area contributed by atoms with Crippen LogP contribution in [0.5, 0.6) is 0 Å². The number of nitrogens with one attached hydrogen (secondary N) is 1. The van der Waals surface area contributed by atoms with Gasteiger partial charge in [0.25, 0.3) is 0 Å². The van der Waals surface area contributed by atoms with Crippen LogP contribution >= 0.6 is 11.3 Å². The molecule has 0 atom stereocenters. The molecule has 19 heavy (non-hydrogen) atoms. The van der Waals surface area contributed by atoms with E-state index < -0.39 is 0 Å². The van der Waals surface area contributed by atoms with Crippen LogP contribution in [0, 0.1) is 6.92 Å². The zero-order valence-electron chi connectivity index (χ0n) is 13.3. The molecule has 0 fully saturated rings. The van der Waals surface area contributed by atoms with Crippen LogP contribution in [-0.2, 0) is 6.54 Å². The molecule has 1 aromatic rings. The van der Waals surface area contributed by atoms with E-state index in [-0.39, 0.29) is 5.54 Å². The fourth-order valence-electron chi connectivity index (χ4n) is 1.90. The summed E-state index contributed by atoms with van der Waals surface area (Å²) < 4.78 is 0. The molecule has 0 amide bonds. The Balaban J connectivity index is 2.76. The molecular weight excluding hydrogens is 254 g/mol. The van der Waals surface area contributed by atoms with Crippen LogP contribution in [0.15, 0.2) is 0 Å². The largest absolute Gasteiger partial charge is 0.348 e. The van der Waals surface area contributed by atoms with Crippen LogP contribution in [0.1, 0.15) is 58.0 Å². The topological polar surface area (TPSA) is 28.2 Å². The molecule has 0 saturated heterocycles. The van der Waals surface area contributed by atoms with Crippen LogP contribution in [0.25, 0.3) is 0 Å². The van der Waals surface area contributed by atoms with E-state index in [4.69, 9.17) is 4.98 Å². The van der Waals surface area contributed by atoms with Gasteiger partial charge in [-0.15, -0.1) is 11.3 Å². The number of hydrogen-bond acceptors (Lipinski definition) is 4. The highest BCUT2D eigenvalue weighted by Gasteiger charge is 2.15. The monoisotopic (exact) mass is 283 g/mol. The maximum Gasteiger partial charge on any atom is 0.185 e. The second-order valence-corrected chi connectivity index (χ2v) is 7.16. The summed E-state index contributed by atoms with van der Waals surface area (Å²) in [5, 5.41) is 4.73. The van der Waals surface area contributed by atoms with Crippen LogP contribution in [0.4, 0.5) is 5.13 Å². The predicted octanol–water partition coefficient (Wildman–Crippen LogP) is 3.97. The molecule has 0 aliphatic rings. The summed E-state index contributed by atoms with van der Waals surface area (Å²) in [5.41, 5.74) is 1.33. The first-order valence-electron chi connectivity index (χ1n) is 7.33. The van der Waals surface area contributed by atoms with Crippen molar-refractivity contribution in [3.63, 3.8) is 0 Å². The zero-order chi connectivity index (χ0) is 14.5. The van der Waals surface area contributed by atoms with Crippen LogP contribution in [0.3, 0.4) is 0 Å². The van der Waals surface area contributed by atoms with Gasteiger partial charge in [-0.25, -0.2) is 4.98 Å². The van der Waals surface area contributed by atoms with Gasteiger partial charge in [-0.1, -0.05) is 13.8 Å². The Morgan fingerprint density at radius 3 is 2.21 bits per heavy atom. The maximum atomic E-state index is 4.75. The molecule has 1 rings (SSSR count). The molecule has 110 valence electrons. The van der Waals surface area contributed by atoms with Crippen molar-refractivity contribution < 1.29 is 0 Å². The molecule has 0 aliphatic heterocycles. The van der Waals surface area contributed by atoms with E-state index in [0.717, 1.165) is 19.6 Å². The van der Waals surface area contributed by atoms with Crippen molar-refractivity contribution in [2.24, 2.45) is 0 Å². The van der Waals surface area contributed by atoms with Gasteiger partial charge in [-0.2, -0.15) is 0 Å². The molecule has 1 N–H and O–H groups in total. The predicted molar refractivity (Wildman–Crippen MR) is 86.2 cm³/mol. The average Bonchev–Trinajstić information content (AvgIpc) is 2.67. The van der Waals surface area contributed by atoms with Crippen molar-refractivity contribution in [3.05, 3.63) is 10.6 Å². The smallest absolute Gasteiger partial charge is 0.185 e. The van der Waals surface area contributed by atoms with Gasteiger partial charge < -0.3 is 10.2 Å². The van der Waals surface area contributed by atoms with Gasteiger partial charge in [-0.05, 0) is 40.5 Å². The van der Waals surface area contributed by atoms with E-state index in [1.807, 2.05) is 11.3 Å². The maximum absolute atomic E-state index is 4.75. The molecular formula is C15H29N3S. The summed E-state index contributed by atoms with van der Waals surface area (Å²) in [7, 11) is 0. The van der Waals surface area contributed by atoms with Crippen LogP contribution in [0.2, 0.25) is 0 Å². The first kappa shape index (κ1) is 16.4. The highest BCUT2D eigenvalue weighted by Crippen LogP contribution is 2.26. The molecule has 0 unspecified atom stereocenters. The van der Waals surface area contributed by atoms with Gasteiger partial charge in [-0.3, -0.25) is 0 Å². The first-order chi connectivity index (χ1) is 8.87. The quantitative estimate of drug-likeness (QED) is 0.821. The minimum atomic E-state index is 0.156. The summed E-state index contributed by atoms with van der Waals surface area (Å²) in [6.45, 7) is 16.3. The third kappa shape index (κ3) is 5.49. The molecule has 0 saturated carbocycles. The second kappa shape index (κ2) is 7.25. The second-order valence-electron chi connectivity index (χ2n) is 6.10. The Morgan fingerprint density at radius 2 is 1.74 bits per heavy atom. The standard InChI is InChI=1S/C15H29N3S/c1-7-9-18(10-8-2)14-17-12(3)13(19-14)11-16-15(4,5)6/h16H,7-11H2,1-6H3. The lowest BCUT2D eigenvalue weighted by Crippen LogP contribution is -2.34. The molecule has 0 radical (unpaired) electrons. The van der Waals surface area contributed by atoms with E-state index in [0.29, 0.717) is 0 Å². The summed E-state index contributed by atoms with van der Waals surface area (Å²) in [5.74, 6) is 0. The van der Waals surface area contributed by atoms with E-state index in [9.17, 15) is 0 Å². The average molecular weight is 283 g/mol. The molecule has 1 heterocycles. The lowest BCUT2D eigenvalue weighted by molar-refractivity contribution is 0.425. The van der Waals surface area contributed by atoms with Crippen LogP contribution in [-0.4, -0.2) is 23.6 Å². The SMILES string of the molecule is CCCN(CCC)c1nc(C)c(CNC(C)(C)C)s1. The number of aryl methyl sites for hydroxylation is 1. The van der Waals surface area contributed by atoms with Crippen molar-refractivity contribution >= 4 is 16.5 Å². The minimum Gasteiger partial charge on any atom is -0.348 e. The van der Waals surface area contributed by atoms with E-state index in [2.05, 4.69) is 51.8 Å². The Kier molecular flexibility index (Phi) is 6.27. The Labute approximate surface area is 122 Å². The van der Waals surface area contributed by atoms with Gasteiger partial charge >= 0.3 is 0 Å². The zero-order valence-corrected chi connectivity index (χ0v) is 14.2. The molecule has 0 aliphatic carbocycles. The molecule has 0 bridgehead atoms. The van der Waals surface area contributed by atoms with Gasteiger partial charge in [0.2, 0.25) is 0 Å². The summed E-state index contributed by atoms with van der Waals surface area (Å²) in [6.07, 6.45) is 2.35. The van der Waals surface area contributed by atoms with Crippen molar-refractivity contribution in [1.82, 2.24) is 10.3 Å². The first-order valence-corrected chi connectivity index (χ1v) is 8.15. The number of rotatable bonds is 7. The van der Waals surface area contributed by atoms with Crippen molar-refractivity contribution in [3.8, 4) is 0 Å².